The van der Waals surface area contributed by atoms with Gasteiger partial charge in [0.25, 0.3) is 0 Å². The number of tetrazole rings is 1. The summed E-state index contributed by atoms with van der Waals surface area (Å²) in [6.07, 6.45) is 3.07. The Morgan fingerprint density at radius 2 is 2.29 bits per heavy atom. The van der Waals surface area contributed by atoms with E-state index in [1.54, 1.807) is 26.0 Å². The second kappa shape index (κ2) is 6.99. The summed E-state index contributed by atoms with van der Waals surface area (Å²) in [5, 5.41) is 12.5. The molecular weight excluding hydrogens is 292 g/mol. The number of ether oxygens (including phenoxy) is 1. The highest BCUT2D eigenvalue weighted by molar-refractivity contribution is 6.30. The van der Waals surface area contributed by atoms with Gasteiger partial charge >= 0.3 is 5.97 Å². The van der Waals surface area contributed by atoms with Crippen LogP contribution in [0, 0.1) is 6.92 Å². The van der Waals surface area contributed by atoms with E-state index in [2.05, 4.69) is 15.4 Å². The molecule has 0 fully saturated rings. The molecule has 0 aliphatic carbocycles. The van der Waals surface area contributed by atoms with Crippen LogP contribution in [0.15, 0.2) is 24.3 Å². The number of carbonyl (C=O) groups is 1. The Labute approximate surface area is 127 Å². The Hall–Kier alpha value is -2.21. The van der Waals surface area contributed by atoms with Gasteiger partial charge in [-0.1, -0.05) is 17.7 Å². The summed E-state index contributed by atoms with van der Waals surface area (Å²) >= 11 is 6.02. The molecule has 1 aromatic heterocycles. The van der Waals surface area contributed by atoms with Crippen molar-refractivity contribution in [2.24, 2.45) is 0 Å². The molecule has 1 heterocycles. The van der Waals surface area contributed by atoms with Crippen LogP contribution >= 0.6 is 11.6 Å². The number of esters is 1. The van der Waals surface area contributed by atoms with Gasteiger partial charge in [-0.2, -0.15) is 4.80 Å². The van der Waals surface area contributed by atoms with Crippen LogP contribution < -0.4 is 0 Å². The SMILES string of the molecule is CCOC(=O)/C=C/c1ccc(Cl)cc1Cn1nnc(C)n1. The zero-order valence-electron chi connectivity index (χ0n) is 11.8. The number of carbonyl (C=O) groups excluding carboxylic acids is 1. The normalized spacial score (nSPS) is 11.0. The van der Waals surface area contributed by atoms with Crippen molar-refractivity contribution in [3.63, 3.8) is 0 Å². The molecule has 1 aromatic carbocycles. The van der Waals surface area contributed by atoms with Crippen molar-refractivity contribution < 1.29 is 9.53 Å². The molecule has 21 heavy (non-hydrogen) atoms. The lowest BCUT2D eigenvalue weighted by Crippen LogP contribution is -2.06. The first-order valence-electron chi connectivity index (χ1n) is 6.46. The predicted molar refractivity (Wildman–Crippen MR) is 78.8 cm³/mol. The smallest absolute Gasteiger partial charge is 0.330 e. The maximum absolute atomic E-state index is 11.4. The summed E-state index contributed by atoms with van der Waals surface area (Å²) in [5.74, 6) is 0.216. The molecule has 0 unspecified atom stereocenters. The highest BCUT2D eigenvalue weighted by Gasteiger charge is 2.06. The maximum Gasteiger partial charge on any atom is 0.330 e. The Morgan fingerprint density at radius 3 is 2.95 bits per heavy atom. The number of hydrogen-bond donors (Lipinski definition) is 0. The Balaban J connectivity index is 2.23. The fourth-order valence-corrected chi connectivity index (χ4v) is 1.96. The second-order valence-corrected chi connectivity index (χ2v) is 4.73. The minimum absolute atomic E-state index is 0.346. The number of hydrogen-bond acceptors (Lipinski definition) is 5. The minimum Gasteiger partial charge on any atom is -0.463 e. The largest absolute Gasteiger partial charge is 0.463 e. The van der Waals surface area contributed by atoms with E-state index in [0.29, 0.717) is 24.0 Å². The maximum atomic E-state index is 11.4. The van der Waals surface area contributed by atoms with Crippen LogP contribution in [0.4, 0.5) is 0 Å². The fourth-order valence-electron chi connectivity index (χ4n) is 1.76. The van der Waals surface area contributed by atoms with E-state index in [1.165, 1.54) is 10.9 Å². The van der Waals surface area contributed by atoms with Crippen molar-refractivity contribution in [3.05, 3.63) is 46.2 Å². The quantitative estimate of drug-likeness (QED) is 0.626. The molecule has 7 heteroatoms. The molecule has 110 valence electrons. The van der Waals surface area contributed by atoms with Gasteiger partial charge in [-0.3, -0.25) is 0 Å². The lowest BCUT2D eigenvalue weighted by Gasteiger charge is -2.06. The molecule has 0 saturated carbocycles. The highest BCUT2D eigenvalue weighted by Crippen LogP contribution is 2.18. The highest BCUT2D eigenvalue weighted by atomic mass is 35.5. The zero-order valence-corrected chi connectivity index (χ0v) is 12.5. The third-order valence-electron chi connectivity index (χ3n) is 2.66. The summed E-state index contributed by atoms with van der Waals surface area (Å²) in [6.45, 7) is 4.30. The predicted octanol–water partition coefficient (Wildman–Crippen LogP) is 2.26. The molecular formula is C14H15ClN4O2. The molecule has 6 nitrogen and oxygen atoms in total. The molecule has 0 aliphatic heterocycles. The fraction of sp³-hybridized carbons (Fsp3) is 0.286. The van der Waals surface area contributed by atoms with Gasteiger partial charge in [-0.15, -0.1) is 10.2 Å². The van der Waals surface area contributed by atoms with Crippen molar-refractivity contribution >= 4 is 23.6 Å². The van der Waals surface area contributed by atoms with Crippen molar-refractivity contribution in [2.75, 3.05) is 6.61 Å². The zero-order chi connectivity index (χ0) is 15.2. The van der Waals surface area contributed by atoms with Crippen molar-refractivity contribution in [1.82, 2.24) is 20.2 Å². The van der Waals surface area contributed by atoms with E-state index in [1.807, 2.05) is 12.1 Å². The van der Waals surface area contributed by atoms with Crippen molar-refractivity contribution in [2.45, 2.75) is 20.4 Å². The number of nitrogens with zero attached hydrogens (tertiary/aromatic N) is 4. The summed E-state index contributed by atoms with van der Waals surface area (Å²) in [7, 11) is 0. The van der Waals surface area contributed by atoms with E-state index < -0.39 is 0 Å². The lowest BCUT2D eigenvalue weighted by molar-refractivity contribution is -0.137. The standard InChI is InChI=1S/C14H15ClN4O2/c1-3-21-14(20)7-5-11-4-6-13(15)8-12(11)9-19-17-10(2)16-18-19/h4-8H,3,9H2,1-2H3/b7-5+. The first kappa shape index (κ1) is 15.2. The Bertz CT molecular complexity index is 667. The first-order chi connectivity index (χ1) is 10.1. The topological polar surface area (TPSA) is 69.9 Å². The molecule has 0 amide bonds. The molecule has 0 N–H and O–H groups in total. The molecule has 0 aliphatic rings. The van der Waals surface area contributed by atoms with Gasteiger partial charge in [0.2, 0.25) is 0 Å². The molecule has 0 saturated heterocycles. The van der Waals surface area contributed by atoms with E-state index >= 15 is 0 Å². The van der Waals surface area contributed by atoms with Crippen LogP contribution in [-0.4, -0.2) is 32.8 Å². The van der Waals surface area contributed by atoms with E-state index in [0.717, 1.165) is 11.1 Å². The molecule has 0 atom stereocenters. The van der Waals surface area contributed by atoms with Gasteiger partial charge in [0.15, 0.2) is 5.82 Å². The summed E-state index contributed by atoms with van der Waals surface area (Å²) < 4.78 is 4.86. The van der Waals surface area contributed by atoms with Gasteiger partial charge in [-0.25, -0.2) is 4.79 Å². The summed E-state index contributed by atoms with van der Waals surface area (Å²) in [4.78, 5) is 12.9. The van der Waals surface area contributed by atoms with Gasteiger partial charge in [0.1, 0.15) is 0 Å². The van der Waals surface area contributed by atoms with Crippen LogP contribution in [0.5, 0.6) is 0 Å². The van der Waals surface area contributed by atoms with E-state index in [9.17, 15) is 4.79 Å². The number of rotatable bonds is 5. The Morgan fingerprint density at radius 1 is 1.48 bits per heavy atom. The van der Waals surface area contributed by atoms with Crippen LogP contribution in [-0.2, 0) is 16.1 Å². The summed E-state index contributed by atoms with van der Waals surface area (Å²) in [6, 6.07) is 5.40. The monoisotopic (exact) mass is 306 g/mol. The van der Waals surface area contributed by atoms with Crippen LogP contribution in [0.1, 0.15) is 23.9 Å². The molecule has 0 spiro atoms. The molecule has 2 rings (SSSR count). The molecule has 0 bridgehead atoms. The number of aryl methyl sites for hydroxylation is 1. The molecule has 2 aromatic rings. The number of benzene rings is 1. The van der Waals surface area contributed by atoms with Gasteiger partial charge in [0.05, 0.1) is 13.2 Å². The minimum atomic E-state index is -0.381. The summed E-state index contributed by atoms with van der Waals surface area (Å²) in [5.41, 5.74) is 1.74. The number of halogens is 1. The second-order valence-electron chi connectivity index (χ2n) is 4.30. The average molecular weight is 307 g/mol. The number of aromatic nitrogens is 4. The third-order valence-corrected chi connectivity index (χ3v) is 2.89. The molecule has 0 radical (unpaired) electrons. The van der Waals surface area contributed by atoms with Crippen molar-refractivity contribution in [3.8, 4) is 0 Å². The van der Waals surface area contributed by atoms with Gasteiger partial charge in [0, 0.05) is 11.1 Å². The average Bonchev–Trinajstić information content (AvgIpc) is 2.83. The first-order valence-corrected chi connectivity index (χ1v) is 6.84. The van der Waals surface area contributed by atoms with Crippen molar-refractivity contribution in [1.29, 1.82) is 0 Å². The van der Waals surface area contributed by atoms with E-state index in [-0.39, 0.29) is 5.97 Å². The van der Waals surface area contributed by atoms with E-state index in [4.69, 9.17) is 16.3 Å². The third kappa shape index (κ3) is 4.39. The van der Waals surface area contributed by atoms with Crippen LogP contribution in [0.25, 0.3) is 6.08 Å². The van der Waals surface area contributed by atoms with Crippen LogP contribution in [0.2, 0.25) is 5.02 Å². The Kier molecular flexibility index (Phi) is 5.05. The van der Waals surface area contributed by atoms with Crippen LogP contribution in [0.3, 0.4) is 0 Å². The lowest BCUT2D eigenvalue weighted by atomic mass is 10.1. The van der Waals surface area contributed by atoms with Gasteiger partial charge < -0.3 is 4.74 Å². The van der Waals surface area contributed by atoms with Gasteiger partial charge in [-0.05, 0) is 48.4 Å².